The van der Waals surface area contributed by atoms with Gasteiger partial charge in [-0.05, 0) is 18.1 Å². The highest BCUT2D eigenvalue weighted by Gasteiger charge is 2.25. The van der Waals surface area contributed by atoms with Gasteiger partial charge in [0, 0.05) is 11.6 Å². The Morgan fingerprint density at radius 1 is 1.00 bits per heavy atom. The molecule has 1 aromatic rings. The van der Waals surface area contributed by atoms with Crippen molar-refractivity contribution < 1.29 is 23.8 Å². The number of ether oxygens (including phenoxy) is 3. The quantitative estimate of drug-likeness (QED) is 0.807. The van der Waals surface area contributed by atoms with Crippen LogP contribution in [0.2, 0.25) is 0 Å². The molecule has 1 amide bonds. The molecule has 0 aromatic heterocycles. The van der Waals surface area contributed by atoms with Crippen LogP contribution in [0.5, 0.6) is 11.5 Å². The summed E-state index contributed by atoms with van der Waals surface area (Å²) in [5.41, 5.74) is 0.348. The first-order valence-electron chi connectivity index (χ1n) is 6.54. The minimum Gasteiger partial charge on any atom is -0.497 e. The smallest absolute Gasteiger partial charge is 0.328 e. The van der Waals surface area contributed by atoms with E-state index in [0.717, 1.165) is 0 Å². The topological polar surface area (TPSA) is 73.9 Å². The van der Waals surface area contributed by atoms with Crippen LogP contribution in [-0.2, 0) is 9.53 Å². The molecule has 0 fully saturated rings. The number of hydrogen-bond donors (Lipinski definition) is 1. The van der Waals surface area contributed by atoms with E-state index < -0.39 is 17.9 Å². The fraction of sp³-hybridized carbons (Fsp3) is 0.467. The van der Waals surface area contributed by atoms with Crippen LogP contribution < -0.4 is 14.8 Å². The second-order valence-corrected chi connectivity index (χ2v) is 4.82. The fourth-order valence-electron chi connectivity index (χ4n) is 1.79. The van der Waals surface area contributed by atoms with Crippen molar-refractivity contribution in [2.45, 2.75) is 19.9 Å². The molecule has 0 bridgehead atoms. The molecule has 0 saturated heterocycles. The van der Waals surface area contributed by atoms with Gasteiger partial charge in [0.1, 0.15) is 17.5 Å². The van der Waals surface area contributed by atoms with E-state index >= 15 is 0 Å². The van der Waals surface area contributed by atoms with E-state index in [1.807, 2.05) is 13.8 Å². The maximum absolute atomic E-state index is 12.3. The molecule has 1 atom stereocenters. The van der Waals surface area contributed by atoms with Crippen LogP contribution in [-0.4, -0.2) is 39.2 Å². The van der Waals surface area contributed by atoms with Crippen molar-refractivity contribution in [3.8, 4) is 11.5 Å². The van der Waals surface area contributed by atoms with Crippen LogP contribution in [0.25, 0.3) is 0 Å². The molecule has 0 heterocycles. The van der Waals surface area contributed by atoms with E-state index in [4.69, 9.17) is 14.2 Å². The second kappa shape index (κ2) is 7.52. The van der Waals surface area contributed by atoms with E-state index in [-0.39, 0.29) is 5.92 Å². The molecule has 1 rings (SSSR count). The minimum atomic E-state index is -0.709. The lowest BCUT2D eigenvalue weighted by atomic mass is 10.0. The van der Waals surface area contributed by atoms with Gasteiger partial charge in [-0.3, -0.25) is 4.79 Å². The molecule has 0 unspecified atom stereocenters. The highest BCUT2D eigenvalue weighted by molar-refractivity contribution is 5.97. The van der Waals surface area contributed by atoms with Gasteiger partial charge in [-0.25, -0.2) is 4.79 Å². The molecule has 0 spiro atoms. The van der Waals surface area contributed by atoms with Crippen LogP contribution in [0.4, 0.5) is 0 Å². The molecule has 0 aliphatic heterocycles. The number of carbonyl (C=O) groups excluding carboxylic acids is 2. The number of amides is 1. The SMILES string of the molecule is COC(=O)[C@@H](NC(=O)c1cc(OC)cc(OC)c1)C(C)C. The van der Waals surface area contributed by atoms with Gasteiger partial charge in [0.25, 0.3) is 5.91 Å². The van der Waals surface area contributed by atoms with Crippen molar-refractivity contribution in [2.24, 2.45) is 5.92 Å². The van der Waals surface area contributed by atoms with E-state index in [1.165, 1.54) is 21.3 Å². The van der Waals surface area contributed by atoms with E-state index in [1.54, 1.807) is 18.2 Å². The summed E-state index contributed by atoms with van der Waals surface area (Å²) in [6.45, 7) is 3.65. The van der Waals surface area contributed by atoms with Crippen molar-refractivity contribution in [3.05, 3.63) is 23.8 Å². The Bertz CT molecular complexity index is 491. The molecule has 21 heavy (non-hydrogen) atoms. The Kier molecular flexibility index (Phi) is 6.02. The monoisotopic (exact) mass is 295 g/mol. The Morgan fingerprint density at radius 2 is 1.52 bits per heavy atom. The third-order valence-corrected chi connectivity index (χ3v) is 3.02. The highest BCUT2D eigenvalue weighted by atomic mass is 16.5. The van der Waals surface area contributed by atoms with Crippen LogP contribution in [0.1, 0.15) is 24.2 Å². The number of methoxy groups -OCH3 is 3. The molecular formula is C15H21NO5. The number of rotatable bonds is 6. The van der Waals surface area contributed by atoms with Gasteiger partial charge in [-0.2, -0.15) is 0 Å². The third kappa shape index (κ3) is 4.37. The summed E-state index contributed by atoms with van der Waals surface area (Å²) in [5.74, 6) is 0.0377. The largest absolute Gasteiger partial charge is 0.497 e. The van der Waals surface area contributed by atoms with Gasteiger partial charge < -0.3 is 19.5 Å². The van der Waals surface area contributed by atoms with Crippen molar-refractivity contribution in [3.63, 3.8) is 0 Å². The van der Waals surface area contributed by atoms with Gasteiger partial charge in [0.05, 0.1) is 21.3 Å². The van der Waals surface area contributed by atoms with Gasteiger partial charge in [0.2, 0.25) is 0 Å². The molecule has 1 aromatic carbocycles. The molecule has 6 heteroatoms. The fourth-order valence-corrected chi connectivity index (χ4v) is 1.79. The molecular weight excluding hydrogens is 274 g/mol. The van der Waals surface area contributed by atoms with Gasteiger partial charge in [-0.15, -0.1) is 0 Å². The number of esters is 1. The van der Waals surface area contributed by atoms with E-state index in [9.17, 15) is 9.59 Å². The number of benzene rings is 1. The summed E-state index contributed by atoms with van der Waals surface area (Å²) in [7, 11) is 4.29. The second-order valence-electron chi connectivity index (χ2n) is 4.82. The molecule has 0 aliphatic rings. The standard InChI is InChI=1S/C15H21NO5/c1-9(2)13(15(18)21-5)16-14(17)10-6-11(19-3)8-12(7-10)20-4/h6-9,13H,1-5H3,(H,16,17)/t13-/m0/s1. The Morgan fingerprint density at radius 3 is 1.90 bits per heavy atom. The van der Waals surface area contributed by atoms with Crippen LogP contribution in [0, 0.1) is 5.92 Å². The predicted molar refractivity (Wildman–Crippen MR) is 77.7 cm³/mol. The summed E-state index contributed by atoms with van der Waals surface area (Å²) in [6.07, 6.45) is 0. The van der Waals surface area contributed by atoms with Crippen molar-refractivity contribution in [1.82, 2.24) is 5.32 Å². The lowest BCUT2D eigenvalue weighted by molar-refractivity contribution is -0.144. The zero-order valence-corrected chi connectivity index (χ0v) is 12.9. The highest BCUT2D eigenvalue weighted by Crippen LogP contribution is 2.22. The van der Waals surface area contributed by atoms with Gasteiger partial charge in [-0.1, -0.05) is 13.8 Å². The van der Waals surface area contributed by atoms with Gasteiger partial charge >= 0.3 is 5.97 Å². The first-order valence-corrected chi connectivity index (χ1v) is 6.54. The van der Waals surface area contributed by atoms with E-state index in [0.29, 0.717) is 17.1 Å². The number of hydrogen-bond acceptors (Lipinski definition) is 5. The zero-order valence-electron chi connectivity index (χ0n) is 12.9. The number of nitrogens with one attached hydrogen (secondary N) is 1. The summed E-state index contributed by atoms with van der Waals surface area (Å²) >= 11 is 0. The average Bonchev–Trinajstić information content (AvgIpc) is 2.50. The van der Waals surface area contributed by atoms with Crippen LogP contribution in [0.15, 0.2) is 18.2 Å². The lowest BCUT2D eigenvalue weighted by Crippen LogP contribution is -2.45. The third-order valence-electron chi connectivity index (χ3n) is 3.02. The Balaban J connectivity index is 2.99. The van der Waals surface area contributed by atoms with Crippen molar-refractivity contribution in [2.75, 3.05) is 21.3 Å². The molecule has 0 aliphatic carbocycles. The molecule has 116 valence electrons. The summed E-state index contributed by atoms with van der Waals surface area (Å²) in [6, 6.07) is 4.11. The first kappa shape index (κ1) is 16.8. The molecule has 0 radical (unpaired) electrons. The molecule has 1 N–H and O–H groups in total. The normalized spacial score (nSPS) is 11.7. The van der Waals surface area contributed by atoms with Crippen LogP contribution in [0.3, 0.4) is 0 Å². The summed E-state index contributed by atoms with van der Waals surface area (Å²) < 4.78 is 14.9. The van der Waals surface area contributed by atoms with Crippen LogP contribution >= 0.6 is 0 Å². The Hall–Kier alpha value is -2.24. The van der Waals surface area contributed by atoms with Crippen molar-refractivity contribution >= 4 is 11.9 Å². The Labute approximate surface area is 124 Å². The predicted octanol–water partition coefficient (Wildman–Crippen LogP) is 1.63. The molecule has 0 saturated carbocycles. The molecule has 6 nitrogen and oxygen atoms in total. The summed E-state index contributed by atoms with van der Waals surface area (Å²) in [4.78, 5) is 24.0. The van der Waals surface area contributed by atoms with Gasteiger partial charge in [0.15, 0.2) is 0 Å². The zero-order chi connectivity index (χ0) is 16.0. The number of carbonyl (C=O) groups is 2. The average molecular weight is 295 g/mol. The maximum Gasteiger partial charge on any atom is 0.328 e. The first-order chi connectivity index (χ1) is 9.92. The van der Waals surface area contributed by atoms with E-state index in [2.05, 4.69) is 5.32 Å². The summed E-state index contributed by atoms with van der Waals surface area (Å²) in [5, 5.41) is 2.66. The lowest BCUT2D eigenvalue weighted by Gasteiger charge is -2.20. The minimum absolute atomic E-state index is 0.0890. The van der Waals surface area contributed by atoms with Crippen molar-refractivity contribution in [1.29, 1.82) is 0 Å². The maximum atomic E-state index is 12.3.